The molecule has 174 valence electrons. The quantitative estimate of drug-likeness (QED) is 0.596. The van der Waals surface area contributed by atoms with Crippen molar-refractivity contribution in [2.45, 2.75) is 32.4 Å². The predicted octanol–water partition coefficient (Wildman–Crippen LogP) is 1.30. The van der Waals surface area contributed by atoms with Crippen molar-refractivity contribution in [2.75, 3.05) is 26.8 Å². The van der Waals surface area contributed by atoms with Crippen LogP contribution in [0.3, 0.4) is 0 Å². The Bertz CT molecular complexity index is 1190. The van der Waals surface area contributed by atoms with Gasteiger partial charge in [0.1, 0.15) is 24.1 Å². The smallest absolute Gasteiger partial charge is 0.409 e. The average molecular weight is 454 g/mol. The third kappa shape index (κ3) is 4.97. The first-order valence-corrected chi connectivity index (χ1v) is 10.8. The van der Waals surface area contributed by atoms with Crippen molar-refractivity contribution in [1.29, 1.82) is 0 Å². The van der Waals surface area contributed by atoms with Gasteiger partial charge in [-0.2, -0.15) is 10.2 Å². The Morgan fingerprint density at radius 1 is 1.18 bits per heavy atom. The minimum absolute atomic E-state index is 0.0701. The van der Waals surface area contributed by atoms with E-state index in [4.69, 9.17) is 9.47 Å². The summed E-state index contributed by atoms with van der Waals surface area (Å²) in [7, 11) is 1.59. The number of likely N-dealkylation sites (tertiary alicyclic amines) is 1. The van der Waals surface area contributed by atoms with Gasteiger partial charge in [0.25, 0.3) is 5.56 Å². The van der Waals surface area contributed by atoms with E-state index in [9.17, 15) is 14.4 Å². The molecule has 4 rings (SSSR count). The highest BCUT2D eigenvalue weighted by Gasteiger charge is 2.24. The lowest BCUT2D eigenvalue weighted by Crippen LogP contribution is -2.47. The number of carbonyl (C=O) groups excluding carboxylic acids is 2. The molecule has 3 heterocycles. The Hall–Kier alpha value is -3.89. The highest BCUT2D eigenvalue weighted by molar-refractivity contribution is 5.76. The van der Waals surface area contributed by atoms with Crippen LogP contribution in [0.2, 0.25) is 0 Å². The molecule has 1 aliphatic rings. The number of aromatic nitrogens is 4. The first kappa shape index (κ1) is 22.3. The van der Waals surface area contributed by atoms with Crippen LogP contribution in [0.1, 0.15) is 19.8 Å². The molecule has 3 aromatic rings. The van der Waals surface area contributed by atoms with Crippen molar-refractivity contribution in [3.05, 3.63) is 47.0 Å². The SMILES string of the molecule is CCOC(=O)N1CCC(NC(=O)Cn2ncn3nc(-c4ccc(OC)cc4)cc3c2=O)CC1. The number of fused-ring (bicyclic) bond motifs is 1. The van der Waals surface area contributed by atoms with Crippen LogP contribution in [0.5, 0.6) is 5.75 Å². The summed E-state index contributed by atoms with van der Waals surface area (Å²) in [5.74, 6) is 0.419. The number of methoxy groups -OCH3 is 1. The van der Waals surface area contributed by atoms with Crippen molar-refractivity contribution in [2.24, 2.45) is 0 Å². The van der Waals surface area contributed by atoms with E-state index in [1.165, 1.54) is 10.8 Å². The van der Waals surface area contributed by atoms with Crippen molar-refractivity contribution < 1.29 is 19.1 Å². The van der Waals surface area contributed by atoms with Gasteiger partial charge in [-0.15, -0.1) is 0 Å². The van der Waals surface area contributed by atoms with E-state index < -0.39 is 5.56 Å². The topological polar surface area (TPSA) is 120 Å². The molecule has 1 aliphatic heterocycles. The molecule has 0 aliphatic carbocycles. The first-order chi connectivity index (χ1) is 16.0. The van der Waals surface area contributed by atoms with Gasteiger partial charge in [0.15, 0.2) is 0 Å². The molecular formula is C22H26N6O5. The van der Waals surface area contributed by atoms with E-state index in [2.05, 4.69) is 15.5 Å². The molecule has 1 saturated heterocycles. The van der Waals surface area contributed by atoms with Crippen LogP contribution < -0.4 is 15.6 Å². The Balaban J connectivity index is 1.40. The number of rotatable bonds is 6. The summed E-state index contributed by atoms with van der Waals surface area (Å²) in [4.78, 5) is 38.8. The molecular weight excluding hydrogens is 428 g/mol. The second-order valence-corrected chi connectivity index (χ2v) is 7.71. The third-order valence-electron chi connectivity index (χ3n) is 5.55. The Morgan fingerprint density at radius 3 is 2.58 bits per heavy atom. The predicted molar refractivity (Wildman–Crippen MR) is 119 cm³/mol. The van der Waals surface area contributed by atoms with Crippen LogP contribution in [0, 0.1) is 0 Å². The molecule has 0 radical (unpaired) electrons. The summed E-state index contributed by atoms with van der Waals surface area (Å²) in [5.41, 5.74) is 1.37. The second-order valence-electron chi connectivity index (χ2n) is 7.71. The van der Waals surface area contributed by atoms with Crippen LogP contribution in [0.4, 0.5) is 4.79 Å². The molecule has 11 heteroatoms. The van der Waals surface area contributed by atoms with Gasteiger partial charge in [0, 0.05) is 24.7 Å². The number of nitrogens with zero attached hydrogens (tertiary/aromatic N) is 5. The Morgan fingerprint density at radius 2 is 1.91 bits per heavy atom. The average Bonchev–Trinajstić information content (AvgIpc) is 3.27. The number of carbonyl (C=O) groups is 2. The monoisotopic (exact) mass is 454 g/mol. The van der Waals surface area contributed by atoms with Gasteiger partial charge < -0.3 is 19.7 Å². The molecule has 2 aromatic heterocycles. The molecule has 0 atom stereocenters. The maximum Gasteiger partial charge on any atom is 0.409 e. The maximum absolute atomic E-state index is 12.9. The fraction of sp³-hybridized carbons (Fsp3) is 0.409. The van der Waals surface area contributed by atoms with E-state index in [-0.39, 0.29) is 24.6 Å². The fourth-order valence-electron chi connectivity index (χ4n) is 3.78. The van der Waals surface area contributed by atoms with Crippen molar-refractivity contribution >= 4 is 17.5 Å². The Kier molecular flexibility index (Phi) is 6.57. The van der Waals surface area contributed by atoms with Crippen molar-refractivity contribution in [1.82, 2.24) is 29.6 Å². The number of hydrogen-bond acceptors (Lipinski definition) is 7. The van der Waals surface area contributed by atoms with Gasteiger partial charge in [-0.1, -0.05) is 0 Å². The first-order valence-electron chi connectivity index (χ1n) is 10.8. The summed E-state index contributed by atoms with van der Waals surface area (Å²) < 4.78 is 12.7. The molecule has 1 N–H and O–H groups in total. The van der Waals surface area contributed by atoms with E-state index >= 15 is 0 Å². The highest BCUT2D eigenvalue weighted by atomic mass is 16.6. The summed E-state index contributed by atoms with van der Waals surface area (Å²) >= 11 is 0. The number of ether oxygens (including phenoxy) is 2. The number of hydrogen-bond donors (Lipinski definition) is 1. The summed E-state index contributed by atoms with van der Waals surface area (Å²) in [6, 6.07) is 8.94. The lowest BCUT2D eigenvalue weighted by Gasteiger charge is -2.31. The van der Waals surface area contributed by atoms with Crippen LogP contribution in [0.25, 0.3) is 16.8 Å². The molecule has 0 saturated carbocycles. The number of amides is 2. The van der Waals surface area contributed by atoms with Crippen molar-refractivity contribution in [3.8, 4) is 17.0 Å². The van der Waals surface area contributed by atoms with E-state index in [1.807, 2.05) is 24.3 Å². The molecule has 0 bridgehead atoms. The minimum Gasteiger partial charge on any atom is -0.497 e. The zero-order valence-electron chi connectivity index (χ0n) is 18.6. The van der Waals surface area contributed by atoms with Gasteiger partial charge in [-0.3, -0.25) is 9.59 Å². The van der Waals surface area contributed by atoms with Gasteiger partial charge in [0.05, 0.1) is 19.4 Å². The molecule has 1 fully saturated rings. The van der Waals surface area contributed by atoms with Crippen LogP contribution >= 0.6 is 0 Å². The zero-order valence-corrected chi connectivity index (χ0v) is 18.6. The molecule has 11 nitrogen and oxygen atoms in total. The normalized spacial score (nSPS) is 14.3. The van der Waals surface area contributed by atoms with Gasteiger partial charge in [0.2, 0.25) is 5.91 Å². The number of nitrogens with one attached hydrogen (secondary N) is 1. The van der Waals surface area contributed by atoms with E-state index in [1.54, 1.807) is 25.0 Å². The van der Waals surface area contributed by atoms with E-state index in [0.717, 1.165) is 16.0 Å². The van der Waals surface area contributed by atoms with Gasteiger partial charge in [-0.25, -0.2) is 14.0 Å². The Labute approximate surface area is 189 Å². The third-order valence-corrected chi connectivity index (χ3v) is 5.55. The highest BCUT2D eigenvalue weighted by Crippen LogP contribution is 2.21. The molecule has 2 amide bonds. The summed E-state index contributed by atoms with van der Waals surface area (Å²) in [5, 5.41) is 11.4. The lowest BCUT2D eigenvalue weighted by atomic mass is 10.1. The standard InChI is InChI=1S/C22H26N6O5/c1-3-33-22(31)26-10-8-16(9-11-26)24-20(29)13-27-21(30)19-12-18(25-28(19)14-23-27)15-4-6-17(32-2)7-5-15/h4-7,12,14,16H,3,8-11,13H2,1-2H3,(H,24,29). The summed E-state index contributed by atoms with van der Waals surface area (Å²) in [6.45, 7) is 2.93. The minimum atomic E-state index is -0.406. The summed E-state index contributed by atoms with van der Waals surface area (Å²) in [6.07, 6.45) is 2.33. The fourth-order valence-corrected chi connectivity index (χ4v) is 3.78. The molecule has 0 spiro atoms. The maximum atomic E-state index is 12.9. The van der Waals surface area contributed by atoms with Gasteiger partial charge >= 0.3 is 6.09 Å². The van der Waals surface area contributed by atoms with E-state index in [0.29, 0.717) is 43.7 Å². The van der Waals surface area contributed by atoms with Crippen molar-refractivity contribution in [3.63, 3.8) is 0 Å². The van der Waals surface area contributed by atoms with Crippen LogP contribution in [0.15, 0.2) is 41.5 Å². The lowest BCUT2D eigenvalue weighted by molar-refractivity contribution is -0.122. The largest absolute Gasteiger partial charge is 0.497 e. The molecule has 1 aromatic carbocycles. The van der Waals surface area contributed by atoms with Crippen LogP contribution in [-0.2, 0) is 16.1 Å². The van der Waals surface area contributed by atoms with Crippen LogP contribution in [-0.4, -0.2) is 69.1 Å². The molecule has 33 heavy (non-hydrogen) atoms. The number of piperidine rings is 1. The zero-order chi connectivity index (χ0) is 23.4. The second kappa shape index (κ2) is 9.72. The number of benzene rings is 1. The van der Waals surface area contributed by atoms with Gasteiger partial charge in [-0.05, 0) is 50.1 Å². The molecule has 0 unspecified atom stereocenters.